The van der Waals surface area contributed by atoms with Crippen molar-refractivity contribution in [3.8, 4) is 0 Å². The zero-order valence-electron chi connectivity index (χ0n) is 6.10. The molecule has 0 amide bonds. The molecule has 0 unspecified atom stereocenters. The molecule has 0 rings (SSSR count). The Hall–Kier alpha value is 4.81. The fraction of sp³-hybridized carbons (Fsp3) is 1.00. The van der Waals surface area contributed by atoms with Gasteiger partial charge in [0.2, 0.25) is 0 Å². The van der Waals surface area contributed by atoms with Crippen LogP contribution in [0.1, 0.15) is 12.8 Å². The van der Waals surface area contributed by atoms with E-state index < -0.39 is 1.13 Å². The lowest BCUT2D eigenvalue weighted by Gasteiger charge is -2.11. The van der Waals surface area contributed by atoms with Crippen molar-refractivity contribution in [2.45, 2.75) is 24.9 Å². The van der Waals surface area contributed by atoms with Crippen LogP contribution in [0.15, 0.2) is 0 Å². The van der Waals surface area contributed by atoms with E-state index in [1.807, 2.05) is 0 Å². The Balaban J connectivity index is 3.35. The first-order valence-electron chi connectivity index (χ1n) is 3.34. The molecule has 0 aromatic rings. The summed E-state index contributed by atoms with van der Waals surface area (Å²) in [4.78, 5) is 0. The van der Waals surface area contributed by atoms with Crippen LogP contribution >= 0.6 is 131 Å². The summed E-state index contributed by atoms with van der Waals surface area (Å²) in [5, 5.41) is 0. The van der Waals surface area contributed by atoms with Crippen molar-refractivity contribution in [1.29, 1.82) is 0 Å². The molecule has 0 heterocycles. The molecule has 0 bridgehead atoms. The number of unbranched alkanes of at least 4 members (excludes halogenated alkanes) is 1. The molecule has 12 heavy (non-hydrogen) atoms. The molecule has 0 aliphatic heterocycles. The summed E-state index contributed by atoms with van der Waals surface area (Å²) in [5.41, 5.74) is 0. The van der Waals surface area contributed by atoms with Crippen molar-refractivity contribution in [2.24, 2.45) is 0 Å². The highest BCUT2D eigenvalue weighted by atomic mass is 127. The Morgan fingerprint density at radius 1 is 0.583 bits per heavy atom. The van der Waals surface area contributed by atoms with Crippen molar-refractivity contribution in [2.75, 3.05) is 0 Å². The third-order valence-electron chi connectivity index (χ3n) is 1.17. The Morgan fingerprint density at radius 2 is 0.833 bits per heavy atom. The van der Waals surface area contributed by atoms with E-state index in [2.05, 4.69) is 131 Å². The van der Waals surface area contributed by atoms with Gasteiger partial charge in [0.15, 0.2) is 0 Å². The molecule has 0 aromatic carbocycles. The van der Waals surface area contributed by atoms with Crippen molar-refractivity contribution in [3.05, 3.63) is 0 Å². The van der Waals surface area contributed by atoms with Gasteiger partial charge < -0.3 is 0 Å². The lowest BCUT2D eigenvalue weighted by Crippen LogP contribution is -2.07. The summed E-state index contributed by atoms with van der Waals surface area (Å²) in [6, 6.07) is 2.95. The highest BCUT2D eigenvalue weighted by Crippen LogP contribution is 2.38. The molecular formula is C4H8I6Si2. The van der Waals surface area contributed by atoms with Gasteiger partial charge in [-0.2, -0.15) is 0 Å². The molecule has 0 saturated carbocycles. The molecule has 0 fully saturated rings. The van der Waals surface area contributed by atoms with E-state index in [4.69, 9.17) is 0 Å². The van der Waals surface area contributed by atoms with Crippen molar-refractivity contribution < 1.29 is 0 Å². The first kappa shape index (κ1) is 16.8. The van der Waals surface area contributed by atoms with E-state index in [0.717, 1.165) is 0 Å². The average Bonchev–Trinajstić information content (AvgIpc) is 1.76. The largest absolute Gasteiger partial charge is 0.253 e. The van der Waals surface area contributed by atoms with Crippen LogP contribution in [0.2, 0.25) is 12.1 Å². The molecule has 0 spiro atoms. The molecular weight excluding hydrogens is 866 g/mol. The summed E-state index contributed by atoms with van der Waals surface area (Å²) < 4.78 is -1.67. The van der Waals surface area contributed by atoms with E-state index in [-0.39, 0.29) is 0 Å². The predicted octanol–water partition coefficient (Wildman–Crippen LogP) is 6.25. The van der Waals surface area contributed by atoms with Gasteiger partial charge in [-0.3, -0.25) is 0 Å². The summed E-state index contributed by atoms with van der Waals surface area (Å²) in [6.45, 7) is 0. The molecule has 0 nitrogen and oxygen atoms in total. The highest BCUT2D eigenvalue weighted by Gasteiger charge is 2.23. The maximum absolute atomic E-state index is 2.66. The molecule has 0 aliphatic rings. The van der Waals surface area contributed by atoms with E-state index in [1.165, 1.54) is 24.9 Å². The number of rotatable bonds is 5. The van der Waals surface area contributed by atoms with Crippen LogP contribution in [0.4, 0.5) is 0 Å². The third kappa shape index (κ3) is 14.8. The predicted molar refractivity (Wildman–Crippen MR) is 114 cm³/mol. The number of halogens is 6. The zero-order chi connectivity index (χ0) is 9.83. The smallest absolute Gasteiger partial charge is 0.0909 e. The molecule has 0 atom stereocenters. The molecule has 74 valence electrons. The van der Waals surface area contributed by atoms with Crippen molar-refractivity contribution in [3.63, 3.8) is 0 Å². The number of hydrogen-bond donors (Lipinski definition) is 0. The van der Waals surface area contributed by atoms with Gasteiger partial charge in [-0.25, -0.2) is 0 Å². The number of hydrogen-bond acceptors (Lipinski definition) is 0. The second-order valence-corrected chi connectivity index (χ2v) is 76.2. The van der Waals surface area contributed by atoms with Gasteiger partial charge in [0, 0.05) is 0 Å². The Kier molecular flexibility index (Phi) is 11.2. The lowest BCUT2D eigenvalue weighted by atomic mass is 10.4. The SMILES string of the molecule is I[Si](I)(I)CCCC[Si](I)(I)I. The second kappa shape index (κ2) is 8.01. The van der Waals surface area contributed by atoms with Gasteiger partial charge >= 0.3 is 0 Å². The summed E-state index contributed by atoms with van der Waals surface area (Å²) in [5.74, 6) is 0. The minimum atomic E-state index is -0.835. The van der Waals surface area contributed by atoms with Gasteiger partial charge in [-0.05, 0) is 12.1 Å². The molecule has 0 radical (unpaired) electrons. The van der Waals surface area contributed by atoms with Gasteiger partial charge in [0.1, 0.15) is 0 Å². The highest BCUT2D eigenvalue weighted by molar-refractivity contribution is 14.4. The monoisotopic (exact) mass is 873 g/mol. The molecule has 0 saturated heterocycles. The van der Waals surface area contributed by atoms with Crippen LogP contribution in [-0.4, -0.2) is 1.13 Å². The van der Waals surface area contributed by atoms with E-state index in [0.29, 0.717) is 0 Å². The second-order valence-electron chi connectivity index (χ2n) is 2.44. The van der Waals surface area contributed by atoms with E-state index >= 15 is 0 Å². The first-order chi connectivity index (χ1) is 5.21. The van der Waals surface area contributed by atoms with Crippen LogP contribution in [-0.2, 0) is 0 Å². The van der Waals surface area contributed by atoms with Crippen molar-refractivity contribution >= 4 is 132 Å². The Morgan fingerprint density at radius 3 is 1.00 bits per heavy atom. The zero-order valence-corrected chi connectivity index (χ0v) is 21.0. The molecule has 0 aromatic heterocycles. The van der Waals surface area contributed by atoms with Crippen LogP contribution in [0.25, 0.3) is 0 Å². The standard InChI is InChI=1S/C4H8I6Si2/c5-11(6,7)3-1-2-4-12(8,9)10/h1-4H2. The summed E-state index contributed by atoms with van der Waals surface area (Å²) in [7, 11) is 0. The maximum atomic E-state index is 2.66. The van der Waals surface area contributed by atoms with Gasteiger partial charge in [0.05, 0.1) is 0 Å². The quantitative estimate of drug-likeness (QED) is 0.133. The first-order valence-corrected chi connectivity index (χ1v) is 26.4. The minimum absolute atomic E-state index is 0.835. The normalized spacial score (nSPS) is 13.5. The van der Waals surface area contributed by atoms with Crippen molar-refractivity contribution in [1.82, 2.24) is 0 Å². The molecule has 0 N–H and O–H groups in total. The van der Waals surface area contributed by atoms with Crippen LogP contribution < -0.4 is 0 Å². The molecule has 8 heteroatoms. The van der Waals surface area contributed by atoms with E-state index in [1.54, 1.807) is 0 Å². The summed E-state index contributed by atoms with van der Waals surface area (Å²) in [6.07, 6.45) is 2.90. The fourth-order valence-electron chi connectivity index (χ4n) is 0.651. The fourth-order valence-corrected chi connectivity index (χ4v) is 8.82. The Bertz CT molecular complexity index is 110. The Labute approximate surface area is 153 Å². The van der Waals surface area contributed by atoms with Crippen LogP contribution in [0, 0.1) is 0 Å². The maximum Gasteiger partial charge on any atom is 0.253 e. The topological polar surface area (TPSA) is 0 Å². The van der Waals surface area contributed by atoms with Gasteiger partial charge in [-0.1, -0.05) is 144 Å². The van der Waals surface area contributed by atoms with Gasteiger partial charge in [-0.15, -0.1) is 0 Å². The lowest BCUT2D eigenvalue weighted by molar-refractivity contribution is 0.879. The van der Waals surface area contributed by atoms with E-state index in [9.17, 15) is 0 Å². The van der Waals surface area contributed by atoms with Crippen LogP contribution in [0.3, 0.4) is 0 Å². The average molecular weight is 874 g/mol. The minimum Gasteiger partial charge on any atom is -0.0909 e. The molecule has 0 aliphatic carbocycles. The van der Waals surface area contributed by atoms with Crippen LogP contribution in [0.5, 0.6) is 0 Å². The third-order valence-corrected chi connectivity index (χ3v) is 12.7. The van der Waals surface area contributed by atoms with Gasteiger partial charge in [0.25, 0.3) is 1.13 Å². The summed E-state index contributed by atoms with van der Waals surface area (Å²) >= 11 is 15.9.